The van der Waals surface area contributed by atoms with Crippen molar-refractivity contribution in [2.75, 3.05) is 6.61 Å². The maximum Gasteiger partial charge on any atom is 0.120 e. The second kappa shape index (κ2) is 5.37. The lowest BCUT2D eigenvalue weighted by Gasteiger charge is -2.28. The molecule has 0 aromatic heterocycles. The Morgan fingerprint density at radius 1 is 1.25 bits per heavy atom. The molecule has 0 fully saturated rings. The summed E-state index contributed by atoms with van der Waals surface area (Å²) in [6.07, 6.45) is 0. The van der Waals surface area contributed by atoms with Crippen molar-refractivity contribution in [2.24, 2.45) is 0 Å². The SMILES string of the molecule is Cc1cc(Br)cc(OCC(C)(C)[Si](C)C)c1. The molecule has 1 aromatic carbocycles. The maximum absolute atomic E-state index is 5.89. The summed E-state index contributed by atoms with van der Waals surface area (Å²) in [7, 11) is -0.337. The molecule has 0 saturated carbocycles. The molecule has 0 N–H and O–H groups in total. The topological polar surface area (TPSA) is 9.23 Å². The number of benzene rings is 1. The Morgan fingerprint density at radius 3 is 2.38 bits per heavy atom. The summed E-state index contributed by atoms with van der Waals surface area (Å²) in [6.45, 7) is 12.1. The van der Waals surface area contributed by atoms with Crippen LogP contribution in [-0.2, 0) is 0 Å². The monoisotopic (exact) mass is 299 g/mol. The molecular formula is C13H20BrOSi. The van der Waals surface area contributed by atoms with Gasteiger partial charge in [-0.15, -0.1) is 0 Å². The maximum atomic E-state index is 5.89. The molecule has 0 aliphatic carbocycles. The van der Waals surface area contributed by atoms with Crippen molar-refractivity contribution in [3.8, 4) is 5.75 Å². The smallest absolute Gasteiger partial charge is 0.120 e. The van der Waals surface area contributed by atoms with Gasteiger partial charge in [-0.1, -0.05) is 42.9 Å². The lowest BCUT2D eigenvalue weighted by atomic mass is 10.2. The average molecular weight is 300 g/mol. The van der Waals surface area contributed by atoms with Gasteiger partial charge in [-0.25, -0.2) is 0 Å². The van der Waals surface area contributed by atoms with Crippen molar-refractivity contribution in [1.82, 2.24) is 0 Å². The van der Waals surface area contributed by atoms with Crippen molar-refractivity contribution in [2.45, 2.75) is 38.9 Å². The van der Waals surface area contributed by atoms with E-state index in [0.717, 1.165) is 16.8 Å². The predicted octanol–water partition coefficient (Wildman–Crippen LogP) is 4.67. The van der Waals surface area contributed by atoms with Crippen LogP contribution < -0.4 is 4.74 Å². The minimum absolute atomic E-state index is 0.306. The molecule has 0 unspecified atom stereocenters. The van der Waals surface area contributed by atoms with Gasteiger partial charge in [-0.05, 0) is 35.7 Å². The fourth-order valence-corrected chi connectivity index (χ4v) is 2.14. The largest absolute Gasteiger partial charge is 0.493 e. The average Bonchev–Trinajstić information content (AvgIpc) is 2.13. The Balaban J connectivity index is 2.68. The summed E-state index contributed by atoms with van der Waals surface area (Å²) in [6, 6.07) is 6.20. The van der Waals surface area contributed by atoms with Crippen molar-refractivity contribution >= 4 is 24.7 Å². The lowest BCUT2D eigenvalue weighted by molar-refractivity contribution is 0.276. The summed E-state index contributed by atoms with van der Waals surface area (Å²) >= 11 is 3.49. The fraction of sp³-hybridized carbons (Fsp3) is 0.538. The molecule has 0 amide bonds. The lowest BCUT2D eigenvalue weighted by Crippen LogP contribution is -2.27. The van der Waals surface area contributed by atoms with E-state index in [-0.39, 0.29) is 8.80 Å². The zero-order chi connectivity index (χ0) is 12.3. The summed E-state index contributed by atoms with van der Waals surface area (Å²) in [5.41, 5.74) is 1.22. The first-order chi connectivity index (χ1) is 7.31. The molecule has 0 aliphatic rings. The van der Waals surface area contributed by atoms with Crippen LogP contribution in [0.4, 0.5) is 0 Å². The minimum Gasteiger partial charge on any atom is -0.493 e. The van der Waals surface area contributed by atoms with E-state index in [0.29, 0.717) is 5.04 Å². The first kappa shape index (κ1) is 13.8. The number of hydrogen-bond acceptors (Lipinski definition) is 1. The standard InChI is InChI=1S/C13H20BrOSi/c1-10-6-11(14)8-12(7-10)15-9-13(2,3)16(4)5/h6-8H,9H2,1-5H3. The first-order valence-electron chi connectivity index (χ1n) is 5.52. The normalized spacial score (nSPS) is 11.9. The van der Waals surface area contributed by atoms with E-state index in [2.05, 4.69) is 61.9 Å². The third kappa shape index (κ3) is 3.94. The van der Waals surface area contributed by atoms with Crippen molar-refractivity contribution in [3.05, 3.63) is 28.2 Å². The number of halogens is 1. The van der Waals surface area contributed by atoms with Crippen LogP contribution >= 0.6 is 15.9 Å². The molecule has 0 atom stereocenters. The van der Waals surface area contributed by atoms with Gasteiger partial charge in [-0.3, -0.25) is 0 Å². The molecule has 1 nitrogen and oxygen atoms in total. The molecule has 1 rings (SSSR count). The molecule has 89 valence electrons. The molecule has 16 heavy (non-hydrogen) atoms. The third-order valence-corrected chi connectivity index (χ3v) is 6.28. The molecule has 1 radical (unpaired) electrons. The summed E-state index contributed by atoms with van der Waals surface area (Å²) in [5, 5.41) is 0.306. The van der Waals surface area contributed by atoms with Crippen LogP contribution in [0.2, 0.25) is 18.1 Å². The third-order valence-electron chi connectivity index (χ3n) is 2.97. The Kier molecular flexibility index (Phi) is 4.62. The van der Waals surface area contributed by atoms with Crippen molar-refractivity contribution in [3.63, 3.8) is 0 Å². The van der Waals surface area contributed by atoms with E-state index in [4.69, 9.17) is 4.74 Å². The minimum atomic E-state index is -0.337. The number of aryl methyl sites for hydroxylation is 1. The van der Waals surface area contributed by atoms with Gasteiger partial charge in [0.1, 0.15) is 5.75 Å². The van der Waals surface area contributed by atoms with Crippen molar-refractivity contribution in [1.29, 1.82) is 0 Å². The van der Waals surface area contributed by atoms with E-state index < -0.39 is 0 Å². The molecule has 0 bridgehead atoms. The van der Waals surface area contributed by atoms with Gasteiger partial charge < -0.3 is 4.74 Å². The second-order valence-corrected chi connectivity index (χ2v) is 9.41. The van der Waals surface area contributed by atoms with Gasteiger partial charge in [-0.2, -0.15) is 0 Å². The highest BCUT2D eigenvalue weighted by molar-refractivity contribution is 9.10. The van der Waals surface area contributed by atoms with Gasteiger partial charge in [0.05, 0.1) is 15.4 Å². The predicted molar refractivity (Wildman–Crippen MR) is 75.9 cm³/mol. The fourth-order valence-electron chi connectivity index (χ4n) is 1.19. The summed E-state index contributed by atoms with van der Waals surface area (Å²) < 4.78 is 6.97. The number of ether oxygens (including phenoxy) is 1. The molecule has 0 heterocycles. The van der Waals surface area contributed by atoms with E-state index in [1.54, 1.807) is 0 Å². The molecule has 3 heteroatoms. The molecule has 0 aliphatic heterocycles. The Hall–Kier alpha value is -0.283. The van der Waals surface area contributed by atoms with Crippen LogP contribution in [0.3, 0.4) is 0 Å². The zero-order valence-electron chi connectivity index (χ0n) is 10.7. The van der Waals surface area contributed by atoms with Crippen LogP contribution in [0, 0.1) is 6.92 Å². The van der Waals surface area contributed by atoms with Crippen LogP contribution in [0.1, 0.15) is 19.4 Å². The molecule has 0 saturated heterocycles. The highest BCUT2D eigenvalue weighted by atomic mass is 79.9. The van der Waals surface area contributed by atoms with Crippen molar-refractivity contribution < 1.29 is 4.74 Å². The van der Waals surface area contributed by atoms with Crippen LogP contribution in [-0.4, -0.2) is 15.4 Å². The van der Waals surface area contributed by atoms with Gasteiger partial charge in [0.25, 0.3) is 0 Å². The Bertz CT molecular complexity index is 341. The van der Waals surface area contributed by atoms with Crippen LogP contribution in [0.25, 0.3) is 0 Å². The first-order valence-corrected chi connectivity index (χ1v) is 8.81. The molecule has 1 aromatic rings. The number of hydrogen-bond donors (Lipinski definition) is 0. The highest BCUT2D eigenvalue weighted by Gasteiger charge is 2.24. The van der Waals surface area contributed by atoms with Gasteiger partial charge in [0, 0.05) is 4.47 Å². The van der Waals surface area contributed by atoms with E-state index >= 15 is 0 Å². The quantitative estimate of drug-likeness (QED) is 0.734. The Morgan fingerprint density at radius 2 is 1.88 bits per heavy atom. The molecule has 0 spiro atoms. The van der Waals surface area contributed by atoms with E-state index in [9.17, 15) is 0 Å². The van der Waals surface area contributed by atoms with E-state index in [1.165, 1.54) is 5.56 Å². The second-order valence-electron chi connectivity index (χ2n) is 5.14. The van der Waals surface area contributed by atoms with Crippen LogP contribution in [0.5, 0.6) is 5.75 Å². The summed E-state index contributed by atoms with van der Waals surface area (Å²) in [5.74, 6) is 0.961. The highest BCUT2D eigenvalue weighted by Crippen LogP contribution is 2.30. The zero-order valence-corrected chi connectivity index (χ0v) is 13.3. The summed E-state index contributed by atoms with van der Waals surface area (Å²) in [4.78, 5) is 0. The van der Waals surface area contributed by atoms with Gasteiger partial charge in [0.2, 0.25) is 0 Å². The number of rotatable bonds is 4. The van der Waals surface area contributed by atoms with Gasteiger partial charge >= 0.3 is 0 Å². The van der Waals surface area contributed by atoms with E-state index in [1.807, 2.05) is 6.07 Å². The Labute approximate surface area is 109 Å². The molecular weight excluding hydrogens is 280 g/mol. The van der Waals surface area contributed by atoms with Gasteiger partial charge in [0.15, 0.2) is 0 Å². The van der Waals surface area contributed by atoms with Crippen LogP contribution in [0.15, 0.2) is 22.7 Å².